The number of Topliss-reactive ketones (excluding diaryl/α,β-unsaturated/α-hetero) is 1. The van der Waals surface area contributed by atoms with Crippen LogP contribution in [-0.2, 0) is 0 Å². The van der Waals surface area contributed by atoms with Crippen LogP contribution in [0.5, 0.6) is 11.5 Å². The molecule has 23 heavy (non-hydrogen) atoms. The number of rotatable bonds is 4. The van der Waals surface area contributed by atoms with Crippen LogP contribution >= 0.6 is 27.5 Å². The Balaban J connectivity index is 2.43. The number of nitrogens with zero attached hydrogens (tertiary/aromatic N) is 1. The number of phenols is 1. The molecule has 0 atom stereocenters. The van der Waals surface area contributed by atoms with Gasteiger partial charge in [-0.05, 0) is 64.0 Å². The Labute approximate surface area is 146 Å². The van der Waals surface area contributed by atoms with Gasteiger partial charge in [0, 0.05) is 10.6 Å². The predicted octanol–water partition coefficient (Wildman–Crippen LogP) is 4.61. The highest BCUT2D eigenvalue weighted by Gasteiger charge is 2.14. The number of nitriles is 1. The van der Waals surface area contributed by atoms with Gasteiger partial charge in [-0.3, -0.25) is 4.79 Å². The molecule has 0 spiro atoms. The first kappa shape index (κ1) is 17.1. The lowest BCUT2D eigenvalue weighted by Crippen LogP contribution is -2.01. The van der Waals surface area contributed by atoms with E-state index in [1.807, 2.05) is 6.07 Å². The number of allylic oxidation sites excluding steroid dienone is 1. The number of halogens is 2. The summed E-state index contributed by atoms with van der Waals surface area (Å²) in [5.74, 6) is -0.221. The minimum atomic E-state index is -0.410. The van der Waals surface area contributed by atoms with Crippen LogP contribution in [0, 0.1) is 11.3 Å². The van der Waals surface area contributed by atoms with E-state index in [4.69, 9.17) is 16.3 Å². The van der Waals surface area contributed by atoms with Crippen molar-refractivity contribution in [3.63, 3.8) is 0 Å². The molecule has 0 aromatic heterocycles. The molecule has 0 aliphatic carbocycles. The van der Waals surface area contributed by atoms with Crippen molar-refractivity contribution in [2.75, 3.05) is 7.11 Å². The van der Waals surface area contributed by atoms with Crippen LogP contribution in [0.3, 0.4) is 0 Å². The zero-order valence-corrected chi connectivity index (χ0v) is 14.4. The van der Waals surface area contributed by atoms with Crippen LogP contribution in [0.1, 0.15) is 15.9 Å². The second kappa shape index (κ2) is 7.32. The van der Waals surface area contributed by atoms with Crippen molar-refractivity contribution in [3.8, 4) is 17.6 Å². The summed E-state index contributed by atoms with van der Waals surface area (Å²) in [6.07, 6.45) is 1.43. The fourth-order valence-electron chi connectivity index (χ4n) is 1.90. The Morgan fingerprint density at radius 2 is 2.00 bits per heavy atom. The summed E-state index contributed by atoms with van der Waals surface area (Å²) >= 11 is 8.99. The minimum Gasteiger partial charge on any atom is -0.503 e. The molecule has 0 fully saturated rings. The zero-order chi connectivity index (χ0) is 17.0. The number of ether oxygens (including phenoxy) is 1. The molecule has 116 valence electrons. The maximum absolute atomic E-state index is 12.4. The van der Waals surface area contributed by atoms with E-state index in [1.165, 1.54) is 19.3 Å². The van der Waals surface area contributed by atoms with E-state index in [0.717, 1.165) is 0 Å². The number of benzene rings is 2. The van der Waals surface area contributed by atoms with Gasteiger partial charge in [-0.15, -0.1) is 0 Å². The van der Waals surface area contributed by atoms with Crippen LogP contribution in [0.15, 0.2) is 46.4 Å². The lowest BCUT2D eigenvalue weighted by atomic mass is 10.0. The number of carbonyl (C=O) groups excluding carboxylic acids is 1. The van der Waals surface area contributed by atoms with Crippen molar-refractivity contribution >= 4 is 39.4 Å². The molecule has 0 amide bonds. The summed E-state index contributed by atoms with van der Waals surface area (Å²) in [6, 6.07) is 11.3. The normalized spacial score (nSPS) is 11.0. The molecule has 2 aromatic carbocycles. The fraction of sp³-hybridized carbons (Fsp3) is 0.0588. The van der Waals surface area contributed by atoms with Gasteiger partial charge >= 0.3 is 0 Å². The quantitative estimate of drug-likeness (QED) is 0.469. The lowest BCUT2D eigenvalue weighted by molar-refractivity contribution is 0.104. The number of methoxy groups -OCH3 is 1. The summed E-state index contributed by atoms with van der Waals surface area (Å²) < 4.78 is 5.45. The summed E-state index contributed by atoms with van der Waals surface area (Å²) in [4.78, 5) is 12.4. The molecule has 0 bridgehead atoms. The molecule has 0 saturated carbocycles. The largest absolute Gasteiger partial charge is 0.503 e. The number of carbonyl (C=O) groups is 1. The van der Waals surface area contributed by atoms with Crippen LogP contribution in [0.4, 0.5) is 0 Å². The molecule has 2 rings (SSSR count). The SMILES string of the molecule is COc1cc(/C=C(\C#N)C(=O)c2ccc(Cl)cc2)cc(Br)c1O. The first-order valence-corrected chi connectivity index (χ1v) is 7.62. The van der Waals surface area contributed by atoms with Gasteiger partial charge in [-0.1, -0.05) is 11.6 Å². The Morgan fingerprint density at radius 1 is 1.35 bits per heavy atom. The third-order valence-corrected chi connectivity index (χ3v) is 3.91. The van der Waals surface area contributed by atoms with Gasteiger partial charge in [0.05, 0.1) is 11.6 Å². The highest BCUT2D eigenvalue weighted by Crippen LogP contribution is 2.35. The van der Waals surface area contributed by atoms with Crippen molar-refractivity contribution in [2.24, 2.45) is 0 Å². The molecule has 0 aliphatic heterocycles. The molecule has 0 unspecified atom stereocenters. The molecular formula is C17H11BrClNO3. The lowest BCUT2D eigenvalue weighted by Gasteiger charge is -2.07. The van der Waals surface area contributed by atoms with Gasteiger partial charge < -0.3 is 9.84 Å². The van der Waals surface area contributed by atoms with Gasteiger partial charge in [-0.25, -0.2) is 0 Å². The number of hydrogen-bond donors (Lipinski definition) is 1. The third-order valence-electron chi connectivity index (χ3n) is 3.05. The van der Waals surface area contributed by atoms with Gasteiger partial charge in [0.25, 0.3) is 0 Å². The number of phenolic OH excluding ortho intramolecular Hbond substituents is 1. The first-order valence-electron chi connectivity index (χ1n) is 6.45. The van der Waals surface area contributed by atoms with Crippen molar-refractivity contribution < 1.29 is 14.6 Å². The van der Waals surface area contributed by atoms with Gasteiger partial charge in [-0.2, -0.15) is 5.26 Å². The van der Waals surface area contributed by atoms with E-state index in [9.17, 15) is 15.2 Å². The Bertz CT molecular complexity index is 823. The first-order chi connectivity index (χ1) is 11.0. The van der Waals surface area contributed by atoms with E-state index < -0.39 is 5.78 Å². The molecule has 4 nitrogen and oxygen atoms in total. The highest BCUT2D eigenvalue weighted by molar-refractivity contribution is 9.10. The zero-order valence-electron chi connectivity index (χ0n) is 12.0. The predicted molar refractivity (Wildman–Crippen MR) is 91.7 cm³/mol. The van der Waals surface area contributed by atoms with Crippen molar-refractivity contribution in [2.45, 2.75) is 0 Å². The van der Waals surface area contributed by atoms with Crippen LogP contribution in [0.2, 0.25) is 5.02 Å². The summed E-state index contributed by atoms with van der Waals surface area (Å²) in [7, 11) is 1.42. The van der Waals surface area contributed by atoms with E-state index in [0.29, 0.717) is 20.6 Å². The Kier molecular flexibility index (Phi) is 5.43. The van der Waals surface area contributed by atoms with Gasteiger partial charge in [0.2, 0.25) is 5.78 Å². The Hall–Kier alpha value is -2.29. The molecule has 0 radical (unpaired) electrons. The summed E-state index contributed by atoms with van der Waals surface area (Å²) in [5, 5.41) is 19.6. The molecule has 2 aromatic rings. The second-order valence-corrected chi connectivity index (χ2v) is 5.85. The van der Waals surface area contributed by atoms with Gasteiger partial charge in [0.15, 0.2) is 11.5 Å². The third kappa shape index (κ3) is 3.92. The maximum atomic E-state index is 12.4. The van der Waals surface area contributed by atoms with E-state index in [2.05, 4.69) is 15.9 Å². The Morgan fingerprint density at radius 3 is 2.57 bits per heavy atom. The van der Waals surface area contributed by atoms with Crippen molar-refractivity contribution in [1.29, 1.82) is 5.26 Å². The van der Waals surface area contributed by atoms with Crippen LogP contribution in [0.25, 0.3) is 6.08 Å². The van der Waals surface area contributed by atoms with Crippen molar-refractivity contribution in [3.05, 3.63) is 62.6 Å². The molecule has 0 saturated heterocycles. The van der Waals surface area contributed by atoms with E-state index in [1.54, 1.807) is 30.3 Å². The molecule has 1 N–H and O–H groups in total. The topological polar surface area (TPSA) is 70.3 Å². The number of ketones is 1. The molecule has 0 heterocycles. The number of hydrogen-bond acceptors (Lipinski definition) is 4. The molecular weight excluding hydrogens is 382 g/mol. The maximum Gasteiger partial charge on any atom is 0.203 e. The molecule has 0 aliphatic rings. The van der Waals surface area contributed by atoms with E-state index in [-0.39, 0.29) is 17.1 Å². The highest BCUT2D eigenvalue weighted by atomic mass is 79.9. The average molecular weight is 393 g/mol. The van der Waals surface area contributed by atoms with Crippen LogP contribution < -0.4 is 4.74 Å². The number of aromatic hydroxyl groups is 1. The summed E-state index contributed by atoms with van der Waals surface area (Å²) in [6.45, 7) is 0. The van der Waals surface area contributed by atoms with Crippen molar-refractivity contribution in [1.82, 2.24) is 0 Å². The minimum absolute atomic E-state index is 0.0352. The summed E-state index contributed by atoms with van der Waals surface area (Å²) in [5.41, 5.74) is 0.879. The van der Waals surface area contributed by atoms with Gasteiger partial charge in [0.1, 0.15) is 11.6 Å². The smallest absolute Gasteiger partial charge is 0.203 e. The average Bonchev–Trinajstić information content (AvgIpc) is 2.55. The second-order valence-electron chi connectivity index (χ2n) is 4.56. The van der Waals surface area contributed by atoms with Crippen LogP contribution in [-0.4, -0.2) is 18.0 Å². The monoisotopic (exact) mass is 391 g/mol. The van der Waals surface area contributed by atoms with E-state index >= 15 is 0 Å². The molecule has 6 heteroatoms. The standard InChI is InChI=1S/C17H11BrClNO3/c1-23-15-8-10(7-14(18)17(15)22)6-12(9-20)16(21)11-2-4-13(19)5-3-11/h2-8,22H,1H3/b12-6+. The fourth-order valence-corrected chi connectivity index (χ4v) is 2.49.